The molecule has 1 aromatic rings. The van der Waals surface area contributed by atoms with Crippen LogP contribution in [0.1, 0.15) is 18.9 Å². The Morgan fingerprint density at radius 1 is 1.31 bits per heavy atom. The second-order valence-corrected chi connectivity index (χ2v) is 5.90. The van der Waals surface area contributed by atoms with Crippen molar-refractivity contribution in [3.8, 4) is 0 Å². The van der Waals surface area contributed by atoms with Crippen LogP contribution in [0.5, 0.6) is 0 Å². The molecule has 13 heavy (non-hydrogen) atoms. The van der Waals surface area contributed by atoms with Crippen LogP contribution in [0.25, 0.3) is 0 Å². The number of hydrogen-bond donors (Lipinski definition) is 0. The van der Waals surface area contributed by atoms with Crippen LogP contribution in [0.3, 0.4) is 0 Å². The Labute approximate surface area is 80.8 Å². The molecule has 0 fully saturated rings. The minimum Gasteiger partial charge on any atom is -0.263 e. The zero-order chi connectivity index (χ0) is 9.90. The van der Waals surface area contributed by atoms with E-state index in [0.717, 1.165) is 11.3 Å². The predicted molar refractivity (Wildman–Crippen MR) is 59.9 cm³/mol. The molecule has 0 saturated carbocycles. The van der Waals surface area contributed by atoms with E-state index >= 15 is 0 Å². The molecule has 0 heterocycles. The smallest absolute Gasteiger partial charge is 0.0305 e. The Balaban J connectivity index is 3.17. The van der Waals surface area contributed by atoms with Crippen molar-refractivity contribution in [2.45, 2.75) is 25.2 Å². The van der Waals surface area contributed by atoms with Gasteiger partial charge in [0.1, 0.15) is 0 Å². The largest absolute Gasteiger partial charge is 0.263 e. The van der Waals surface area contributed by atoms with Gasteiger partial charge in [-0.1, -0.05) is 24.6 Å². The van der Waals surface area contributed by atoms with Crippen molar-refractivity contribution >= 4 is 14.9 Å². The van der Waals surface area contributed by atoms with Crippen LogP contribution >= 0.6 is 0 Å². The topological polar surface area (TPSA) is 17.1 Å². The van der Waals surface area contributed by atoms with Gasteiger partial charge in [0.25, 0.3) is 0 Å². The Hall–Kier alpha value is -0.760. The summed E-state index contributed by atoms with van der Waals surface area (Å²) in [4.78, 5) is 0.931. The molecule has 1 atom stereocenters. The van der Waals surface area contributed by atoms with Gasteiger partial charge in [-0.3, -0.25) is 4.21 Å². The summed E-state index contributed by atoms with van der Waals surface area (Å²) in [5.74, 6) is 0. The van der Waals surface area contributed by atoms with Crippen molar-refractivity contribution in [3.05, 3.63) is 29.8 Å². The van der Waals surface area contributed by atoms with Crippen molar-refractivity contribution in [3.63, 3.8) is 0 Å². The zero-order valence-corrected chi connectivity index (χ0v) is 9.23. The Morgan fingerprint density at radius 2 is 1.85 bits per heavy atom. The van der Waals surface area contributed by atoms with E-state index in [1.807, 2.05) is 43.5 Å². The molecule has 0 saturated heterocycles. The summed E-state index contributed by atoms with van der Waals surface area (Å²) in [7, 11) is -1.90. The van der Waals surface area contributed by atoms with Gasteiger partial charge >= 0.3 is 0 Å². The van der Waals surface area contributed by atoms with E-state index in [2.05, 4.69) is 0 Å². The molecule has 0 bridgehead atoms. The van der Waals surface area contributed by atoms with Crippen LogP contribution in [-0.4, -0.2) is 15.8 Å². The van der Waals surface area contributed by atoms with Crippen molar-refractivity contribution < 1.29 is 4.21 Å². The van der Waals surface area contributed by atoms with Gasteiger partial charge in [0.2, 0.25) is 0 Å². The van der Waals surface area contributed by atoms with Crippen LogP contribution in [0.2, 0.25) is 0 Å². The molecule has 0 aliphatic carbocycles. The van der Waals surface area contributed by atoms with Crippen LogP contribution in [0, 0.1) is 6.92 Å². The number of benzene rings is 1. The van der Waals surface area contributed by atoms with Crippen molar-refractivity contribution in [1.29, 1.82) is 0 Å². The molecule has 72 valence electrons. The summed E-state index contributed by atoms with van der Waals surface area (Å²) in [6, 6.07) is 7.90. The van der Waals surface area contributed by atoms with E-state index in [9.17, 15) is 4.21 Å². The minimum atomic E-state index is -1.90. The molecule has 0 aromatic heterocycles. The highest BCUT2D eigenvalue weighted by atomic mass is 32.2. The third-order valence-corrected chi connectivity index (χ3v) is 4.15. The number of hydrogen-bond acceptors (Lipinski definition) is 1. The van der Waals surface area contributed by atoms with Gasteiger partial charge in [0, 0.05) is 11.2 Å². The van der Waals surface area contributed by atoms with E-state index in [0.29, 0.717) is 0 Å². The van der Waals surface area contributed by atoms with Crippen LogP contribution in [0.4, 0.5) is 0 Å². The molecule has 1 nitrogen and oxygen atoms in total. The van der Waals surface area contributed by atoms with Gasteiger partial charge in [-0.05, 0) is 40.4 Å². The van der Waals surface area contributed by atoms with Gasteiger partial charge in [0.05, 0.1) is 0 Å². The summed E-state index contributed by atoms with van der Waals surface area (Å²) < 4.78 is 12.0. The summed E-state index contributed by atoms with van der Waals surface area (Å²) in [6.07, 6.45) is 2.64. The normalized spacial score (nSPS) is 15.0. The molecule has 2 heteroatoms. The highest BCUT2D eigenvalue weighted by molar-refractivity contribution is 8.00. The van der Waals surface area contributed by atoms with E-state index in [1.165, 1.54) is 5.56 Å². The predicted octanol–water partition coefficient (Wildman–Crippen LogP) is 2.48. The standard InChI is InChI=1S/C11H16OS/c1-4-9-13(3,12)11-7-5-10(2)6-8-11/h5-9H,4H2,1-3H3. The molecule has 1 rings (SSSR count). The lowest BCUT2D eigenvalue weighted by molar-refractivity contribution is 0.684. The van der Waals surface area contributed by atoms with Crippen molar-refractivity contribution in [1.82, 2.24) is 0 Å². The quantitative estimate of drug-likeness (QED) is 0.664. The number of rotatable bonds is 2. The van der Waals surface area contributed by atoms with E-state index < -0.39 is 9.52 Å². The average Bonchev–Trinajstić information content (AvgIpc) is 2.05. The SMILES string of the molecule is CCC=S(C)(=O)c1ccc(C)cc1. The third-order valence-electron chi connectivity index (χ3n) is 1.97. The molecule has 0 aliphatic heterocycles. The highest BCUT2D eigenvalue weighted by Gasteiger charge is 2.01. The molecular weight excluding hydrogens is 180 g/mol. The first-order chi connectivity index (χ1) is 6.06. The molecule has 0 amide bonds. The maximum Gasteiger partial charge on any atom is 0.0305 e. The molecule has 1 unspecified atom stereocenters. The Morgan fingerprint density at radius 3 is 2.31 bits per heavy atom. The van der Waals surface area contributed by atoms with Gasteiger partial charge in [-0.2, -0.15) is 0 Å². The fourth-order valence-electron chi connectivity index (χ4n) is 1.22. The molecule has 1 aromatic carbocycles. The highest BCUT2D eigenvalue weighted by Crippen LogP contribution is 2.10. The van der Waals surface area contributed by atoms with Crippen molar-refractivity contribution in [2.24, 2.45) is 0 Å². The molecule has 0 N–H and O–H groups in total. The maximum absolute atomic E-state index is 12.0. The van der Waals surface area contributed by atoms with Gasteiger partial charge in [-0.25, -0.2) is 0 Å². The van der Waals surface area contributed by atoms with E-state index in [-0.39, 0.29) is 0 Å². The fourth-order valence-corrected chi connectivity index (χ4v) is 2.73. The summed E-state index contributed by atoms with van der Waals surface area (Å²) in [5, 5.41) is 1.89. The maximum atomic E-state index is 12.0. The second kappa shape index (κ2) is 3.97. The van der Waals surface area contributed by atoms with Crippen LogP contribution in [-0.2, 0) is 9.52 Å². The lowest BCUT2D eigenvalue weighted by Crippen LogP contribution is -2.01. The third kappa shape index (κ3) is 2.59. The minimum absolute atomic E-state index is 0.850. The fraction of sp³-hybridized carbons (Fsp3) is 0.364. The van der Waals surface area contributed by atoms with Gasteiger partial charge < -0.3 is 0 Å². The van der Waals surface area contributed by atoms with Crippen molar-refractivity contribution in [2.75, 3.05) is 6.26 Å². The first kappa shape index (κ1) is 10.3. The zero-order valence-electron chi connectivity index (χ0n) is 8.41. The van der Waals surface area contributed by atoms with Crippen LogP contribution in [0.15, 0.2) is 29.2 Å². The summed E-state index contributed by atoms with van der Waals surface area (Å²) in [6.45, 7) is 4.04. The van der Waals surface area contributed by atoms with Gasteiger partial charge in [0.15, 0.2) is 0 Å². The van der Waals surface area contributed by atoms with Gasteiger partial charge in [-0.15, -0.1) is 0 Å². The summed E-state index contributed by atoms with van der Waals surface area (Å²) in [5.41, 5.74) is 1.20. The molecule has 0 aliphatic rings. The lowest BCUT2D eigenvalue weighted by atomic mass is 10.2. The second-order valence-electron chi connectivity index (χ2n) is 3.29. The van der Waals surface area contributed by atoms with Crippen LogP contribution < -0.4 is 0 Å². The molecular formula is C11H16OS. The van der Waals surface area contributed by atoms with E-state index in [4.69, 9.17) is 0 Å². The lowest BCUT2D eigenvalue weighted by Gasteiger charge is -2.04. The Kier molecular flexibility index (Phi) is 3.15. The monoisotopic (exact) mass is 196 g/mol. The Bertz CT molecular complexity index is 381. The molecule has 0 spiro atoms. The number of aryl methyl sites for hydroxylation is 1. The first-order valence-electron chi connectivity index (χ1n) is 4.45. The molecule has 0 radical (unpaired) electrons. The summed E-state index contributed by atoms with van der Waals surface area (Å²) >= 11 is 0. The average molecular weight is 196 g/mol. The first-order valence-corrected chi connectivity index (χ1v) is 6.48. The van der Waals surface area contributed by atoms with E-state index in [1.54, 1.807) is 6.26 Å².